The molecule has 3 N–H and O–H groups in total. The average molecular weight is 431 g/mol. The van der Waals surface area contributed by atoms with Gasteiger partial charge in [0.15, 0.2) is 11.6 Å². The molecule has 1 unspecified atom stereocenters. The van der Waals surface area contributed by atoms with E-state index in [0.717, 1.165) is 18.2 Å². The van der Waals surface area contributed by atoms with Crippen LogP contribution in [-0.4, -0.2) is 22.5 Å². The van der Waals surface area contributed by atoms with Gasteiger partial charge in [0, 0.05) is 22.7 Å². The van der Waals surface area contributed by atoms with Crippen molar-refractivity contribution in [1.29, 1.82) is 0 Å². The van der Waals surface area contributed by atoms with Crippen LogP contribution < -0.4 is 10.9 Å². The van der Waals surface area contributed by atoms with Gasteiger partial charge in [-0.1, -0.05) is 0 Å². The third kappa shape index (κ3) is 3.15. The molecule has 0 bridgehead atoms. The standard InChI is InChI=1S/C21H13F4N3O3/c22-8-1-12(23)11-5-16(26-15(11)2-8)21(30)28-18-7-31-6-17-19(18)9-3-13(24)14(25)4-10(9)20(29)27-17/h1-5,18,26H,6-7H2,(H,27,29)(H,28,30). The van der Waals surface area contributed by atoms with Crippen LogP contribution in [0.15, 0.2) is 35.1 Å². The molecule has 4 aromatic rings. The Hall–Kier alpha value is -3.66. The Morgan fingerprint density at radius 1 is 0.935 bits per heavy atom. The predicted octanol–water partition coefficient (Wildman–Crippen LogP) is 3.57. The Balaban J connectivity index is 1.57. The number of pyridine rings is 1. The fourth-order valence-corrected chi connectivity index (χ4v) is 3.90. The largest absolute Gasteiger partial charge is 0.373 e. The molecule has 5 rings (SSSR count). The van der Waals surface area contributed by atoms with Crippen molar-refractivity contribution in [2.24, 2.45) is 0 Å². The lowest BCUT2D eigenvalue weighted by Gasteiger charge is -2.27. The molecule has 158 valence electrons. The molecule has 0 saturated heterocycles. The highest BCUT2D eigenvalue weighted by atomic mass is 19.2. The van der Waals surface area contributed by atoms with Gasteiger partial charge in [-0.15, -0.1) is 0 Å². The fraction of sp³-hybridized carbons (Fsp3) is 0.143. The summed E-state index contributed by atoms with van der Waals surface area (Å²) in [5.74, 6) is -4.57. The van der Waals surface area contributed by atoms with Crippen molar-refractivity contribution in [3.8, 4) is 0 Å². The van der Waals surface area contributed by atoms with Crippen LogP contribution in [0.1, 0.15) is 27.8 Å². The first-order valence-corrected chi connectivity index (χ1v) is 9.22. The van der Waals surface area contributed by atoms with Gasteiger partial charge in [0.2, 0.25) is 0 Å². The number of hydrogen-bond donors (Lipinski definition) is 3. The minimum Gasteiger partial charge on any atom is -0.373 e. The maximum Gasteiger partial charge on any atom is 0.268 e. The Morgan fingerprint density at radius 2 is 1.68 bits per heavy atom. The summed E-state index contributed by atoms with van der Waals surface area (Å²) in [5, 5.41) is 2.80. The summed E-state index contributed by atoms with van der Waals surface area (Å²) in [5.41, 5.74) is 0.176. The number of rotatable bonds is 2. The van der Waals surface area contributed by atoms with E-state index in [1.165, 1.54) is 6.07 Å². The number of ether oxygens (including phenoxy) is 1. The number of benzene rings is 2. The molecule has 2 aromatic carbocycles. The number of hydrogen-bond acceptors (Lipinski definition) is 3. The van der Waals surface area contributed by atoms with E-state index < -0.39 is 40.8 Å². The Kier molecular flexibility index (Phi) is 4.33. The maximum atomic E-state index is 14.0. The lowest BCUT2D eigenvalue weighted by atomic mass is 9.96. The average Bonchev–Trinajstić information content (AvgIpc) is 3.14. The number of nitrogens with one attached hydrogen (secondary N) is 3. The van der Waals surface area contributed by atoms with Crippen LogP contribution in [0.25, 0.3) is 21.7 Å². The molecular formula is C21H13F4N3O3. The van der Waals surface area contributed by atoms with Gasteiger partial charge in [-0.3, -0.25) is 9.59 Å². The van der Waals surface area contributed by atoms with Crippen molar-refractivity contribution >= 4 is 27.6 Å². The summed E-state index contributed by atoms with van der Waals surface area (Å²) < 4.78 is 60.4. The molecular weight excluding hydrogens is 418 g/mol. The zero-order chi connectivity index (χ0) is 21.9. The van der Waals surface area contributed by atoms with E-state index in [2.05, 4.69) is 15.3 Å². The fourth-order valence-electron chi connectivity index (χ4n) is 3.90. The summed E-state index contributed by atoms with van der Waals surface area (Å²) in [6, 6.07) is 3.90. The van der Waals surface area contributed by atoms with Gasteiger partial charge in [-0.2, -0.15) is 0 Å². The Bertz CT molecular complexity index is 1440. The topological polar surface area (TPSA) is 87.0 Å². The van der Waals surface area contributed by atoms with E-state index in [0.29, 0.717) is 17.3 Å². The molecule has 0 spiro atoms. The Morgan fingerprint density at radius 3 is 2.45 bits per heavy atom. The van der Waals surface area contributed by atoms with Crippen LogP contribution in [0.4, 0.5) is 17.6 Å². The number of aromatic nitrogens is 2. The quantitative estimate of drug-likeness (QED) is 0.424. The van der Waals surface area contributed by atoms with Crippen molar-refractivity contribution in [1.82, 2.24) is 15.3 Å². The second kappa shape index (κ2) is 6.95. The van der Waals surface area contributed by atoms with Crippen molar-refractivity contribution in [3.05, 3.63) is 80.9 Å². The lowest BCUT2D eigenvalue weighted by molar-refractivity contribution is 0.0692. The number of amides is 1. The van der Waals surface area contributed by atoms with Gasteiger partial charge in [-0.05, 0) is 29.7 Å². The molecule has 0 radical (unpaired) electrons. The van der Waals surface area contributed by atoms with Crippen LogP contribution >= 0.6 is 0 Å². The van der Waals surface area contributed by atoms with E-state index in [9.17, 15) is 27.2 Å². The number of carbonyl (C=O) groups excluding carboxylic acids is 1. The minimum absolute atomic E-state index is 0.00208. The number of aromatic amines is 2. The second-order valence-corrected chi connectivity index (χ2v) is 7.23. The summed E-state index contributed by atoms with van der Waals surface area (Å²) in [6.45, 7) is 0.0187. The molecule has 1 atom stereocenters. The molecule has 0 saturated carbocycles. The molecule has 0 fully saturated rings. The summed E-state index contributed by atoms with van der Waals surface area (Å²) in [6.07, 6.45) is 0. The van der Waals surface area contributed by atoms with Gasteiger partial charge >= 0.3 is 0 Å². The summed E-state index contributed by atoms with van der Waals surface area (Å²) in [4.78, 5) is 30.3. The predicted molar refractivity (Wildman–Crippen MR) is 103 cm³/mol. The summed E-state index contributed by atoms with van der Waals surface area (Å²) in [7, 11) is 0. The number of fused-ring (bicyclic) bond motifs is 4. The third-order valence-corrected chi connectivity index (χ3v) is 5.27. The first-order valence-electron chi connectivity index (χ1n) is 9.22. The highest BCUT2D eigenvalue weighted by Crippen LogP contribution is 2.31. The van der Waals surface area contributed by atoms with Crippen LogP contribution in [0.2, 0.25) is 0 Å². The molecule has 1 amide bonds. The van der Waals surface area contributed by atoms with Gasteiger partial charge in [-0.25, -0.2) is 17.6 Å². The molecule has 2 aromatic heterocycles. The van der Waals surface area contributed by atoms with Crippen molar-refractivity contribution in [2.75, 3.05) is 6.61 Å². The van der Waals surface area contributed by atoms with E-state index in [1.54, 1.807) is 0 Å². The number of H-pyrrole nitrogens is 2. The second-order valence-electron chi connectivity index (χ2n) is 7.23. The molecule has 0 aliphatic carbocycles. The van der Waals surface area contributed by atoms with E-state index in [1.807, 2.05) is 0 Å². The maximum absolute atomic E-state index is 14.0. The van der Waals surface area contributed by atoms with Crippen LogP contribution in [-0.2, 0) is 11.3 Å². The SMILES string of the molecule is O=C(NC1COCc2[nH]c(=O)c3cc(F)c(F)cc3c21)c1cc2c(F)cc(F)cc2[nH]1. The van der Waals surface area contributed by atoms with Gasteiger partial charge in [0.05, 0.1) is 30.2 Å². The van der Waals surface area contributed by atoms with Crippen molar-refractivity contribution in [3.63, 3.8) is 0 Å². The smallest absolute Gasteiger partial charge is 0.268 e. The zero-order valence-electron chi connectivity index (χ0n) is 15.6. The lowest BCUT2D eigenvalue weighted by Crippen LogP contribution is -2.36. The molecule has 1 aliphatic heterocycles. The normalized spacial score (nSPS) is 15.9. The zero-order valence-corrected chi connectivity index (χ0v) is 15.6. The van der Waals surface area contributed by atoms with Crippen LogP contribution in [0.5, 0.6) is 0 Å². The molecule has 6 nitrogen and oxygen atoms in total. The van der Waals surface area contributed by atoms with Gasteiger partial charge in [0.25, 0.3) is 11.5 Å². The highest BCUT2D eigenvalue weighted by molar-refractivity contribution is 5.98. The first kappa shape index (κ1) is 19.3. The first-order chi connectivity index (χ1) is 14.8. The molecule has 10 heteroatoms. The minimum atomic E-state index is -1.17. The van der Waals surface area contributed by atoms with Gasteiger partial charge < -0.3 is 20.0 Å². The number of carbonyl (C=O) groups is 1. The molecule has 31 heavy (non-hydrogen) atoms. The molecule has 1 aliphatic rings. The van der Waals surface area contributed by atoms with Crippen molar-refractivity contribution < 1.29 is 27.1 Å². The Labute approximate surface area is 170 Å². The monoisotopic (exact) mass is 431 g/mol. The van der Waals surface area contributed by atoms with Gasteiger partial charge in [0.1, 0.15) is 17.3 Å². The van der Waals surface area contributed by atoms with Crippen LogP contribution in [0.3, 0.4) is 0 Å². The van der Waals surface area contributed by atoms with E-state index in [4.69, 9.17) is 4.74 Å². The third-order valence-electron chi connectivity index (χ3n) is 5.27. The molecule has 3 heterocycles. The van der Waals surface area contributed by atoms with Crippen LogP contribution in [0, 0.1) is 23.3 Å². The summed E-state index contributed by atoms with van der Waals surface area (Å²) >= 11 is 0. The van der Waals surface area contributed by atoms with Crippen molar-refractivity contribution in [2.45, 2.75) is 12.6 Å². The van der Waals surface area contributed by atoms with E-state index in [-0.39, 0.29) is 40.6 Å². The number of halogens is 4. The van der Waals surface area contributed by atoms with E-state index >= 15 is 0 Å². The highest BCUT2D eigenvalue weighted by Gasteiger charge is 2.28.